The molecule has 0 spiro atoms. The number of pyridine rings is 2. The summed E-state index contributed by atoms with van der Waals surface area (Å²) in [7, 11) is 0. The average molecular weight is 285 g/mol. The molecule has 0 saturated heterocycles. The molecule has 1 saturated carbocycles. The van der Waals surface area contributed by atoms with E-state index in [1.165, 1.54) is 0 Å². The molecule has 2 aromatic rings. The van der Waals surface area contributed by atoms with Crippen molar-refractivity contribution in [1.82, 2.24) is 9.97 Å². The fourth-order valence-electron chi connectivity index (χ4n) is 2.45. The van der Waals surface area contributed by atoms with Gasteiger partial charge in [0.05, 0.1) is 5.39 Å². The molecule has 21 heavy (non-hydrogen) atoms. The predicted molar refractivity (Wildman–Crippen MR) is 84.4 cm³/mol. The van der Waals surface area contributed by atoms with Crippen LogP contribution in [0.25, 0.3) is 10.8 Å². The van der Waals surface area contributed by atoms with Crippen molar-refractivity contribution in [2.45, 2.75) is 58.1 Å². The minimum atomic E-state index is -0.402. The summed E-state index contributed by atoms with van der Waals surface area (Å²) >= 11 is 0. The van der Waals surface area contributed by atoms with E-state index in [-0.39, 0.29) is 5.60 Å². The molecule has 3 rings (SSSR count). The third-order valence-corrected chi connectivity index (χ3v) is 4.52. The average Bonchev–Trinajstić information content (AvgIpc) is 3.16. The van der Waals surface area contributed by atoms with Gasteiger partial charge in [0.1, 0.15) is 5.60 Å². The standard InChI is InChI=1S/C17H23N3O/c1-5-17(4,18)14-10-20-15(21-16(3)6-7-16)13-9-19-11(2)8-12(13)14/h8-10H,5-7,18H2,1-4H3/t17-/m1/s1. The molecule has 2 N–H and O–H groups in total. The van der Waals surface area contributed by atoms with Gasteiger partial charge in [-0.25, -0.2) is 4.98 Å². The lowest BCUT2D eigenvalue weighted by molar-refractivity contribution is 0.194. The summed E-state index contributed by atoms with van der Waals surface area (Å²) in [5.41, 5.74) is 8.02. The highest BCUT2D eigenvalue weighted by Crippen LogP contribution is 2.41. The summed E-state index contributed by atoms with van der Waals surface area (Å²) < 4.78 is 6.08. The van der Waals surface area contributed by atoms with Gasteiger partial charge in [-0.3, -0.25) is 4.98 Å². The number of ether oxygens (including phenoxy) is 1. The van der Waals surface area contributed by atoms with E-state index in [4.69, 9.17) is 10.5 Å². The fourth-order valence-corrected chi connectivity index (χ4v) is 2.45. The van der Waals surface area contributed by atoms with Crippen LogP contribution >= 0.6 is 0 Å². The van der Waals surface area contributed by atoms with Crippen molar-refractivity contribution in [2.75, 3.05) is 0 Å². The zero-order valence-corrected chi connectivity index (χ0v) is 13.2. The minimum Gasteiger partial charge on any atom is -0.471 e. The molecule has 0 radical (unpaired) electrons. The van der Waals surface area contributed by atoms with Crippen LogP contribution in [0.1, 0.15) is 51.3 Å². The smallest absolute Gasteiger partial charge is 0.223 e. The molecule has 1 fully saturated rings. The van der Waals surface area contributed by atoms with Crippen LogP contribution in [0, 0.1) is 6.92 Å². The van der Waals surface area contributed by atoms with E-state index in [9.17, 15) is 0 Å². The molecule has 2 heterocycles. The van der Waals surface area contributed by atoms with E-state index >= 15 is 0 Å². The zero-order valence-electron chi connectivity index (χ0n) is 13.2. The summed E-state index contributed by atoms with van der Waals surface area (Å²) in [6.07, 6.45) is 6.74. The number of aromatic nitrogens is 2. The van der Waals surface area contributed by atoms with Crippen LogP contribution < -0.4 is 10.5 Å². The van der Waals surface area contributed by atoms with E-state index in [1.54, 1.807) is 0 Å². The van der Waals surface area contributed by atoms with E-state index < -0.39 is 5.54 Å². The fraction of sp³-hybridized carbons (Fsp3) is 0.529. The lowest BCUT2D eigenvalue weighted by atomic mass is 9.88. The molecule has 0 amide bonds. The predicted octanol–water partition coefficient (Wildman–Crippen LogP) is 3.45. The lowest BCUT2D eigenvalue weighted by Crippen LogP contribution is -2.32. The van der Waals surface area contributed by atoms with Crippen LogP contribution in [0.5, 0.6) is 5.88 Å². The van der Waals surface area contributed by atoms with Crippen molar-refractivity contribution in [3.63, 3.8) is 0 Å². The molecule has 112 valence electrons. The van der Waals surface area contributed by atoms with Crippen molar-refractivity contribution in [1.29, 1.82) is 0 Å². The first-order chi connectivity index (χ1) is 9.85. The molecule has 0 aromatic carbocycles. The Morgan fingerprint density at radius 2 is 2.00 bits per heavy atom. The Hall–Kier alpha value is -1.68. The zero-order chi connectivity index (χ0) is 15.3. The van der Waals surface area contributed by atoms with Crippen molar-refractivity contribution in [3.8, 4) is 5.88 Å². The summed E-state index contributed by atoms with van der Waals surface area (Å²) in [4.78, 5) is 8.94. The summed E-state index contributed by atoms with van der Waals surface area (Å²) in [5.74, 6) is 0.674. The lowest BCUT2D eigenvalue weighted by Gasteiger charge is -2.25. The quantitative estimate of drug-likeness (QED) is 0.934. The number of nitrogens with zero attached hydrogens (tertiary/aromatic N) is 2. The Morgan fingerprint density at radius 1 is 1.29 bits per heavy atom. The number of nitrogens with two attached hydrogens (primary N) is 1. The number of fused-ring (bicyclic) bond motifs is 1. The highest BCUT2D eigenvalue weighted by Gasteiger charge is 2.41. The van der Waals surface area contributed by atoms with Crippen molar-refractivity contribution in [3.05, 3.63) is 29.7 Å². The van der Waals surface area contributed by atoms with Crippen LogP contribution in [0.2, 0.25) is 0 Å². The van der Waals surface area contributed by atoms with Crippen LogP contribution in [-0.4, -0.2) is 15.6 Å². The molecule has 4 heteroatoms. The van der Waals surface area contributed by atoms with Crippen LogP contribution in [0.15, 0.2) is 18.5 Å². The number of aryl methyl sites for hydroxylation is 1. The Kier molecular flexibility index (Phi) is 3.17. The van der Waals surface area contributed by atoms with Crippen molar-refractivity contribution >= 4 is 10.8 Å². The second kappa shape index (κ2) is 4.67. The summed E-state index contributed by atoms with van der Waals surface area (Å²) in [6.45, 7) is 8.25. The Balaban J connectivity index is 2.18. The molecular weight excluding hydrogens is 262 g/mol. The van der Waals surface area contributed by atoms with E-state index in [1.807, 2.05) is 26.2 Å². The molecule has 1 atom stereocenters. The van der Waals surface area contributed by atoms with Gasteiger partial charge in [-0.15, -0.1) is 0 Å². The third-order valence-electron chi connectivity index (χ3n) is 4.52. The van der Waals surface area contributed by atoms with Crippen LogP contribution in [0.4, 0.5) is 0 Å². The van der Waals surface area contributed by atoms with Crippen LogP contribution in [0.3, 0.4) is 0 Å². The molecule has 4 nitrogen and oxygen atoms in total. The van der Waals surface area contributed by atoms with Gasteiger partial charge in [0.15, 0.2) is 0 Å². The third kappa shape index (κ3) is 2.60. The van der Waals surface area contributed by atoms with Gasteiger partial charge in [-0.05, 0) is 57.0 Å². The first-order valence-corrected chi connectivity index (χ1v) is 7.58. The van der Waals surface area contributed by atoms with Gasteiger partial charge in [0.2, 0.25) is 5.88 Å². The number of hydrogen-bond acceptors (Lipinski definition) is 4. The Bertz CT molecular complexity index is 690. The molecule has 0 bridgehead atoms. The van der Waals surface area contributed by atoms with Gasteiger partial charge in [-0.2, -0.15) is 0 Å². The second-order valence-electron chi connectivity index (χ2n) is 6.67. The largest absolute Gasteiger partial charge is 0.471 e. The highest BCUT2D eigenvalue weighted by molar-refractivity contribution is 5.90. The second-order valence-corrected chi connectivity index (χ2v) is 6.67. The van der Waals surface area contributed by atoms with Crippen molar-refractivity contribution < 1.29 is 4.74 Å². The highest BCUT2D eigenvalue weighted by atomic mass is 16.5. The van der Waals surface area contributed by atoms with Gasteiger partial charge < -0.3 is 10.5 Å². The maximum Gasteiger partial charge on any atom is 0.223 e. The van der Waals surface area contributed by atoms with E-state index in [0.717, 1.165) is 41.3 Å². The monoisotopic (exact) mass is 285 g/mol. The minimum absolute atomic E-state index is 0.0525. The Morgan fingerprint density at radius 3 is 2.62 bits per heavy atom. The first kappa shape index (κ1) is 14.3. The first-order valence-electron chi connectivity index (χ1n) is 7.58. The molecule has 1 aliphatic rings. The maximum absolute atomic E-state index is 6.44. The SMILES string of the molecule is CC[C@@](C)(N)c1cnc(OC2(C)CC2)c2cnc(C)cc12. The van der Waals surface area contributed by atoms with E-state index in [2.05, 4.69) is 29.9 Å². The van der Waals surface area contributed by atoms with Gasteiger partial charge in [0, 0.05) is 23.6 Å². The van der Waals surface area contributed by atoms with Crippen LogP contribution in [-0.2, 0) is 5.54 Å². The van der Waals surface area contributed by atoms with E-state index in [0.29, 0.717) is 5.88 Å². The molecule has 2 aromatic heterocycles. The molecular formula is C17H23N3O. The number of hydrogen-bond donors (Lipinski definition) is 1. The van der Waals surface area contributed by atoms with Gasteiger partial charge in [0.25, 0.3) is 0 Å². The number of rotatable bonds is 4. The Labute approximate surface area is 125 Å². The topological polar surface area (TPSA) is 61.0 Å². The van der Waals surface area contributed by atoms with Gasteiger partial charge in [-0.1, -0.05) is 6.92 Å². The maximum atomic E-state index is 6.44. The summed E-state index contributed by atoms with van der Waals surface area (Å²) in [6, 6.07) is 2.08. The van der Waals surface area contributed by atoms with Gasteiger partial charge >= 0.3 is 0 Å². The molecule has 0 unspecified atom stereocenters. The molecule has 1 aliphatic carbocycles. The summed E-state index contributed by atoms with van der Waals surface area (Å²) in [5, 5.41) is 2.06. The van der Waals surface area contributed by atoms with Crippen molar-refractivity contribution in [2.24, 2.45) is 5.73 Å². The normalized spacial score (nSPS) is 19.3. The molecule has 0 aliphatic heterocycles.